The summed E-state index contributed by atoms with van der Waals surface area (Å²) in [6.45, 7) is 2.71. The third-order valence-electron chi connectivity index (χ3n) is 3.96. The van der Waals surface area contributed by atoms with Gasteiger partial charge in [-0.25, -0.2) is 0 Å². The number of nitrogens with zero attached hydrogens (tertiary/aromatic N) is 1. The monoisotopic (exact) mass is 459 g/mol. The molecule has 0 spiro atoms. The van der Waals surface area contributed by atoms with E-state index in [2.05, 4.69) is 39.6 Å². The minimum Gasteiger partial charge on any atom is -0.493 e. The van der Waals surface area contributed by atoms with Crippen LogP contribution in [0.15, 0.2) is 46.9 Å². The lowest BCUT2D eigenvalue weighted by molar-refractivity contribution is 0.0973. The molecular formula is C21H22BrN3O2S. The van der Waals surface area contributed by atoms with Gasteiger partial charge >= 0.3 is 0 Å². The Balaban J connectivity index is 2.03. The van der Waals surface area contributed by atoms with Crippen molar-refractivity contribution >= 4 is 44.9 Å². The maximum atomic E-state index is 12.7. The predicted octanol–water partition coefficient (Wildman–Crippen LogP) is 5.41. The molecular weight excluding hydrogens is 438 g/mol. The Kier molecular flexibility index (Phi) is 8.92. The minimum absolute atomic E-state index is 0.113. The van der Waals surface area contributed by atoms with Crippen LogP contribution < -0.4 is 15.4 Å². The summed E-state index contributed by atoms with van der Waals surface area (Å²) >= 11 is 8.61. The van der Waals surface area contributed by atoms with E-state index in [0.717, 1.165) is 23.7 Å². The number of unbranched alkanes of at least 4 members (excludes halogenated alkanes) is 3. The number of rotatable bonds is 8. The van der Waals surface area contributed by atoms with Gasteiger partial charge in [-0.2, -0.15) is 5.26 Å². The van der Waals surface area contributed by atoms with Crippen molar-refractivity contribution in [2.75, 3.05) is 11.9 Å². The summed E-state index contributed by atoms with van der Waals surface area (Å²) in [5, 5.41) is 14.8. The van der Waals surface area contributed by atoms with Gasteiger partial charge in [0.25, 0.3) is 5.91 Å². The number of nitriles is 1. The van der Waals surface area contributed by atoms with Crippen molar-refractivity contribution in [3.05, 3.63) is 58.1 Å². The van der Waals surface area contributed by atoms with E-state index >= 15 is 0 Å². The van der Waals surface area contributed by atoms with Crippen LogP contribution in [0.3, 0.4) is 0 Å². The first-order valence-corrected chi connectivity index (χ1v) is 10.3. The Labute approximate surface area is 179 Å². The molecule has 0 radical (unpaired) electrons. The topological polar surface area (TPSA) is 74.2 Å². The van der Waals surface area contributed by atoms with Gasteiger partial charge in [0.15, 0.2) is 5.11 Å². The molecule has 0 aliphatic rings. The molecule has 0 aliphatic heterocycles. The Morgan fingerprint density at radius 1 is 1.21 bits per heavy atom. The molecule has 0 aromatic heterocycles. The normalized spacial score (nSPS) is 10.0. The van der Waals surface area contributed by atoms with Crippen molar-refractivity contribution < 1.29 is 9.53 Å². The smallest absolute Gasteiger partial charge is 0.261 e. The number of para-hydroxylation sites is 1. The van der Waals surface area contributed by atoms with Gasteiger partial charge in [-0.05, 0) is 49.0 Å². The highest BCUT2D eigenvalue weighted by Crippen LogP contribution is 2.24. The van der Waals surface area contributed by atoms with Crippen molar-refractivity contribution in [2.24, 2.45) is 0 Å². The lowest BCUT2D eigenvalue weighted by atomic mass is 10.2. The highest BCUT2D eigenvalue weighted by Gasteiger charge is 2.15. The van der Waals surface area contributed by atoms with Crippen molar-refractivity contribution in [2.45, 2.75) is 32.6 Å². The van der Waals surface area contributed by atoms with E-state index < -0.39 is 0 Å². The van der Waals surface area contributed by atoms with Crippen LogP contribution in [0.4, 0.5) is 5.69 Å². The second kappa shape index (κ2) is 11.4. The highest BCUT2D eigenvalue weighted by molar-refractivity contribution is 9.10. The zero-order chi connectivity index (χ0) is 20.4. The summed E-state index contributed by atoms with van der Waals surface area (Å²) < 4.78 is 6.58. The molecule has 2 aromatic carbocycles. The zero-order valence-corrected chi connectivity index (χ0v) is 18.0. The SMILES string of the molecule is CCCCCCOc1ccc(Br)cc1C(=O)NC(=S)Nc1ccccc1C#N. The number of carbonyl (C=O) groups is 1. The number of hydrogen-bond acceptors (Lipinski definition) is 4. The molecule has 0 saturated carbocycles. The van der Waals surface area contributed by atoms with Gasteiger partial charge in [0.1, 0.15) is 11.8 Å². The summed E-state index contributed by atoms with van der Waals surface area (Å²) in [6, 6.07) is 14.3. The Morgan fingerprint density at radius 3 is 2.75 bits per heavy atom. The van der Waals surface area contributed by atoms with Crippen LogP contribution in [0.25, 0.3) is 0 Å². The van der Waals surface area contributed by atoms with Crippen LogP contribution in [0.5, 0.6) is 5.75 Å². The summed E-state index contributed by atoms with van der Waals surface area (Å²) in [4.78, 5) is 12.7. The Hall–Kier alpha value is -2.43. The quantitative estimate of drug-likeness (QED) is 0.407. The Morgan fingerprint density at radius 2 is 2.00 bits per heavy atom. The van der Waals surface area contributed by atoms with E-state index in [9.17, 15) is 4.79 Å². The summed E-state index contributed by atoms with van der Waals surface area (Å²) in [5.74, 6) is 0.134. The fraction of sp³-hybridized carbons (Fsp3) is 0.286. The number of halogens is 1. The number of amides is 1. The van der Waals surface area contributed by atoms with Gasteiger partial charge in [-0.15, -0.1) is 0 Å². The van der Waals surface area contributed by atoms with Gasteiger partial charge in [0, 0.05) is 4.47 Å². The third-order valence-corrected chi connectivity index (χ3v) is 4.66. The molecule has 0 aliphatic carbocycles. The average Bonchev–Trinajstić information content (AvgIpc) is 2.69. The number of benzene rings is 2. The second-order valence-electron chi connectivity index (χ2n) is 6.12. The highest BCUT2D eigenvalue weighted by atomic mass is 79.9. The number of hydrogen-bond donors (Lipinski definition) is 2. The molecule has 2 N–H and O–H groups in total. The standard InChI is InChI=1S/C21H22BrN3O2S/c1-2-3-4-7-12-27-19-11-10-16(22)13-17(19)20(26)25-21(28)24-18-9-6-5-8-15(18)14-23/h5-6,8-11,13H,2-4,7,12H2,1H3,(H2,24,25,26,28). The van der Waals surface area contributed by atoms with E-state index in [1.54, 1.807) is 36.4 Å². The zero-order valence-electron chi connectivity index (χ0n) is 15.6. The number of nitrogens with one attached hydrogen (secondary N) is 2. The molecule has 1 amide bonds. The van der Waals surface area contributed by atoms with E-state index in [0.29, 0.717) is 29.2 Å². The third kappa shape index (κ3) is 6.63. The van der Waals surface area contributed by atoms with Gasteiger partial charge in [0.05, 0.1) is 23.4 Å². The summed E-state index contributed by atoms with van der Waals surface area (Å²) in [7, 11) is 0. The van der Waals surface area contributed by atoms with Crippen molar-refractivity contribution in [1.82, 2.24) is 5.32 Å². The van der Waals surface area contributed by atoms with Gasteiger partial charge in [-0.3, -0.25) is 10.1 Å². The van der Waals surface area contributed by atoms with E-state index in [1.807, 2.05) is 6.07 Å². The summed E-state index contributed by atoms with van der Waals surface area (Å²) in [6.07, 6.45) is 4.36. The fourth-order valence-electron chi connectivity index (χ4n) is 2.53. The molecule has 0 heterocycles. The van der Waals surface area contributed by atoms with Crippen LogP contribution in [-0.2, 0) is 0 Å². The molecule has 5 nitrogen and oxygen atoms in total. The fourth-order valence-corrected chi connectivity index (χ4v) is 3.09. The number of thiocarbonyl (C=S) groups is 1. The molecule has 28 heavy (non-hydrogen) atoms. The van der Waals surface area contributed by atoms with Crippen LogP contribution in [-0.4, -0.2) is 17.6 Å². The average molecular weight is 460 g/mol. The predicted molar refractivity (Wildman–Crippen MR) is 119 cm³/mol. The van der Waals surface area contributed by atoms with E-state index in [4.69, 9.17) is 22.2 Å². The van der Waals surface area contributed by atoms with Crippen LogP contribution in [0.2, 0.25) is 0 Å². The lowest BCUT2D eigenvalue weighted by Gasteiger charge is -2.14. The molecule has 0 unspecified atom stereocenters. The maximum absolute atomic E-state index is 12.7. The Bertz CT molecular complexity index is 880. The van der Waals surface area contributed by atoms with E-state index in [1.165, 1.54) is 6.42 Å². The van der Waals surface area contributed by atoms with Crippen LogP contribution in [0.1, 0.15) is 48.5 Å². The second-order valence-corrected chi connectivity index (χ2v) is 7.44. The van der Waals surface area contributed by atoms with E-state index in [-0.39, 0.29) is 11.0 Å². The van der Waals surface area contributed by atoms with Crippen molar-refractivity contribution in [1.29, 1.82) is 5.26 Å². The molecule has 7 heteroatoms. The number of carbonyl (C=O) groups excluding carboxylic acids is 1. The van der Waals surface area contributed by atoms with Crippen molar-refractivity contribution in [3.8, 4) is 11.8 Å². The largest absolute Gasteiger partial charge is 0.493 e. The van der Waals surface area contributed by atoms with Crippen molar-refractivity contribution in [3.63, 3.8) is 0 Å². The molecule has 0 atom stereocenters. The van der Waals surface area contributed by atoms with Crippen LogP contribution in [0, 0.1) is 11.3 Å². The van der Waals surface area contributed by atoms with Gasteiger partial charge in [-0.1, -0.05) is 54.2 Å². The molecule has 2 rings (SSSR count). The molecule has 146 valence electrons. The molecule has 0 saturated heterocycles. The van der Waals surface area contributed by atoms with Crippen LogP contribution >= 0.6 is 28.1 Å². The first kappa shape index (κ1) is 21.9. The maximum Gasteiger partial charge on any atom is 0.261 e. The minimum atomic E-state index is -0.378. The first-order chi connectivity index (χ1) is 13.5. The van der Waals surface area contributed by atoms with Gasteiger partial charge < -0.3 is 10.1 Å². The lowest BCUT2D eigenvalue weighted by Crippen LogP contribution is -2.34. The molecule has 0 bridgehead atoms. The van der Waals surface area contributed by atoms with Gasteiger partial charge in [0.2, 0.25) is 0 Å². The molecule has 0 fully saturated rings. The number of ether oxygens (including phenoxy) is 1. The first-order valence-electron chi connectivity index (χ1n) is 9.09. The summed E-state index contributed by atoms with van der Waals surface area (Å²) in [5.41, 5.74) is 1.37. The molecule has 2 aromatic rings. The number of anilines is 1.